The first-order valence-electron chi connectivity index (χ1n) is 6.35. The Morgan fingerprint density at radius 3 is 2.60 bits per heavy atom. The highest BCUT2D eigenvalue weighted by Gasteiger charge is 2.15. The highest BCUT2D eigenvalue weighted by atomic mass is 16.1. The van der Waals surface area contributed by atoms with Crippen LogP contribution in [0.25, 0.3) is 5.82 Å². The van der Waals surface area contributed by atoms with Crippen LogP contribution < -0.4 is 11.1 Å². The SMILES string of the molecule is CNc1nc(C(C)C)nc(-n2cc(C(N)=O)cn2)c1C. The monoisotopic (exact) mass is 274 g/mol. The van der Waals surface area contributed by atoms with Crippen molar-refractivity contribution in [3.05, 3.63) is 29.3 Å². The first-order valence-corrected chi connectivity index (χ1v) is 6.35. The lowest BCUT2D eigenvalue weighted by Crippen LogP contribution is -2.11. The largest absolute Gasteiger partial charge is 0.373 e. The van der Waals surface area contributed by atoms with Gasteiger partial charge >= 0.3 is 0 Å². The zero-order chi connectivity index (χ0) is 14.9. The summed E-state index contributed by atoms with van der Waals surface area (Å²) in [6.07, 6.45) is 3.00. The summed E-state index contributed by atoms with van der Waals surface area (Å²) in [4.78, 5) is 20.1. The summed E-state index contributed by atoms with van der Waals surface area (Å²) in [5.74, 6) is 1.77. The Kier molecular flexibility index (Phi) is 3.69. The minimum Gasteiger partial charge on any atom is -0.373 e. The fraction of sp³-hybridized carbons (Fsp3) is 0.385. The van der Waals surface area contributed by atoms with Gasteiger partial charge in [0.15, 0.2) is 5.82 Å². The first kappa shape index (κ1) is 14.0. The van der Waals surface area contributed by atoms with Crippen LogP contribution in [0.3, 0.4) is 0 Å². The Morgan fingerprint density at radius 1 is 1.40 bits per heavy atom. The number of primary amides is 1. The predicted octanol–water partition coefficient (Wildman–Crippen LogP) is 1.23. The van der Waals surface area contributed by atoms with Crippen LogP contribution in [0.15, 0.2) is 12.4 Å². The van der Waals surface area contributed by atoms with E-state index in [-0.39, 0.29) is 5.92 Å². The van der Waals surface area contributed by atoms with Crippen molar-refractivity contribution in [2.24, 2.45) is 5.73 Å². The van der Waals surface area contributed by atoms with Gasteiger partial charge in [0.1, 0.15) is 11.6 Å². The van der Waals surface area contributed by atoms with E-state index < -0.39 is 5.91 Å². The molecule has 3 N–H and O–H groups in total. The molecule has 0 saturated heterocycles. The Bertz CT molecular complexity index is 646. The number of nitrogens with zero attached hydrogens (tertiary/aromatic N) is 4. The van der Waals surface area contributed by atoms with Crippen LogP contribution in [0.5, 0.6) is 0 Å². The molecule has 0 aliphatic carbocycles. The number of nitrogens with one attached hydrogen (secondary N) is 1. The van der Waals surface area contributed by atoms with Gasteiger partial charge in [-0.25, -0.2) is 14.6 Å². The second-order valence-corrected chi connectivity index (χ2v) is 4.82. The van der Waals surface area contributed by atoms with Crippen LogP contribution in [0, 0.1) is 6.92 Å². The van der Waals surface area contributed by atoms with Crippen LogP contribution in [0.1, 0.15) is 41.5 Å². The van der Waals surface area contributed by atoms with Crippen molar-refractivity contribution in [1.29, 1.82) is 0 Å². The molecule has 0 saturated carbocycles. The van der Waals surface area contributed by atoms with Gasteiger partial charge in [-0.3, -0.25) is 4.79 Å². The number of hydrogen-bond donors (Lipinski definition) is 2. The lowest BCUT2D eigenvalue weighted by Gasteiger charge is -2.13. The van der Waals surface area contributed by atoms with Crippen molar-refractivity contribution < 1.29 is 4.79 Å². The van der Waals surface area contributed by atoms with Crippen molar-refractivity contribution in [3.63, 3.8) is 0 Å². The first-order chi connectivity index (χ1) is 9.43. The molecule has 2 aromatic rings. The molecule has 0 unspecified atom stereocenters. The summed E-state index contributed by atoms with van der Waals surface area (Å²) >= 11 is 0. The van der Waals surface area contributed by atoms with E-state index in [0.29, 0.717) is 17.2 Å². The van der Waals surface area contributed by atoms with Gasteiger partial charge < -0.3 is 11.1 Å². The molecule has 0 spiro atoms. The van der Waals surface area contributed by atoms with Crippen molar-refractivity contribution in [2.75, 3.05) is 12.4 Å². The minimum atomic E-state index is -0.513. The standard InChI is InChI=1S/C13H18N6O/c1-7(2)11-17-12(15-4)8(3)13(18-11)19-6-9(5-16-19)10(14)20/h5-7H,1-4H3,(H2,14,20)(H,15,17,18). The Balaban J connectivity index is 2.59. The summed E-state index contributed by atoms with van der Waals surface area (Å²) in [6, 6.07) is 0. The van der Waals surface area contributed by atoms with Crippen LogP contribution in [0.4, 0.5) is 5.82 Å². The number of carbonyl (C=O) groups is 1. The molecular weight excluding hydrogens is 256 g/mol. The Morgan fingerprint density at radius 2 is 2.10 bits per heavy atom. The fourth-order valence-electron chi connectivity index (χ4n) is 1.81. The summed E-state index contributed by atoms with van der Waals surface area (Å²) in [5.41, 5.74) is 6.44. The van der Waals surface area contributed by atoms with E-state index >= 15 is 0 Å². The molecular formula is C13H18N6O. The maximum Gasteiger partial charge on any atom is 0.251 e. The molecule has 0 atom stereocenters. The molecule has 2 heterocycles. The molecule has 2 rings (SSSR count). The van der Waals surface area contributed by atoms with Crippen LogP contribution in [-0.2, 0) is 0 Å². The van der Waals surface area contributed by atoms with Gasteiger partial charge in [0.25, 0.3) is 5.91 Å². The molecule has 0 aliphatic rings. The van der Waals surface area contributed by atoms with Crippen molar-refractivity contribution in [1.82, 2.24) is 19.7 Å². The number of aromatic nitrogens is 4. The third-order valence-electron chi connectivity index (χ3n) is 2.97. The third-order valence-corrected chi connectivity index (χ3v) is 2.97. The van der Waals surface area contributed by atoms with Gasteiger partial charge in [-0.05, 0) is 6.92 Å². The number of rotatable bonds is 4. The van der Waals surface area contributed by atoms with Crippen LogP contribution in [-0.4, -0.2) is 32.7 Å². The zero-order valence-electron chi connectivity index (χ0n) is 12.0. The summed E-state index contributed by atoms with van der Waals surface area (Å²) in [6.45, 7) is 5.94. The molecule has 0 bridgehead atoms. The summed E-state index contributed by atoms with van der Waals surface area (Å²) < 4.78 is 1.55. The Hall–Kier alpha value is -2.44. The second-order valence-electron chi connectivity index (χ2n) is 4.82. The van der Waals surface area contributed by atoms with Crippen LogP contribution in [0.2, 0.25) is 0 Å². The highest BCUT2D eigenvalue weighted by Crippen LogP contribution is 2.21. The maximum atomic E-state index is 11.2. The lowest BCUT2D eigenvalue weighted by atomic mass is 10.2. The van der Waals surface area contributed by atoms with E-state index in [9.17, 15) is 4.79 Å². The molecule has 0 fully saturated rings. The summed E-state index contributed by atoms with van der Waals surface area (Å²) in [5, 5.41) is 7.19. The van der Waals surface area contributed by atoms with E-state index in [1.54, 1.807) is 17.9 Å². The Labute approximate surface area is 117 Å². The quantitative estimate of drug-likeness (QED) is 0.873. The molecule has 0 radical (unpaired) electrons. The van der Waals surface area contributed by atoms with Gasteiger partial charge in [-0.1, -0.05) is 13.8 Å². The zero-order valence-corrected chi connectivity index (χ0v) is 12.0. The van der Waals surface area contributed by atoms with Crippen molar-refractivity contribution >= 4 is 11.7 Å². The van der Waals surface area contributed by atoms with Gasteiger partial charge in [-0.2, -0.15) is 5.10 Å². The van der Waals surface area contributed by atoms with E-state index in [4.69, 9.17) is 5.73 Å². The average molecular weight is 274 g/mol. The van der Waals surface area contributed by atoms with E-state index in [0.717, 1.165) is 11.4 Å². The van der Waals surface area contributed by atoms with Gasteiger partial charge in [0.2, 0.25) is 0 Å². The normalized spacial score (nSPS) is 10.8. The van der Waals surface area contributed by atoms with Gasteiger partial charge in [0, 0.05) is 24.7 Å². The number of carbonyl (C=O) groups excluding carboxylic acids is 1. The van der Waals surface area contributed by atoms with E-state index in [1.807, 2.05) is 20.8 Å². The van der Waals surface area contributed by atoms with E-state index in [1.165, 1.54) is 6.20 Å². The number of anilines is 1. The van der Waals surface area contributed by atoms with Gasteiger partial charge in [-0.15, -0.1) is 0 Å². The lowest BCUT2D eigenvalue weighted by molar-refractivity contribution is 0.100. The number of amides is 1. The molecule has 7 heteroatoms. The molecule has 0 aromatic carbocycles. The molecule has 20 heavy (non-hydrogen) atoms. The highest BCUT2D eigenvalue weighted by molar-refractivity contribution is 5.92. The van der Waals surface area contributed by atoms with Gasteiger partial charge in [0.05, 0.1) is 11.8 Å². The molecule has 0 aliphatic heterocycles. The van der Waals surface area contributed by atoms with Crippen molar-refractivity contribution in [2.45, 2.75) is 26.7 Å². The summed E-state index contributed by atoms with van der Waals surface area (Å²) in [7, 11) is 1.81. The van der Waals surface area contributed by atoms with Crippen LogP contribution >= 0.6 is 0 Å². The smallest absolute Gasteiger partial charge is 0.251 e. The fourth-order valence-corrected chi connectivity index (χ4v) is 1.81. The van der Waals surface area contributed by atoms with E-state index in [2.05, 4.69) is 20.4 Å². The minimum absolute atomic E-state index is 0.188. The molecule has 7 nitrogen and oxygen atoms in total. The second kappa shape index (κ2) is 5.28. The number of hydrogen-bond acceptors (Lipinski definition) is 5. The molecule has 106 valence electrons. The molecule has 2 aromatic heterocycles. The van der Waals surface area contributed by atoms with Crippen molar-refractivity contribution in [3.8, 4) is 5.82 Å². The number of nitrogens with two attached hydrogens (primary N) is 1. The topological polar surface area (TPSA) is 98.7 Å². The third kappa shape index (κ3) is 2.47. The maximum absolute atomic E-state index is 11.2. The predicted molar refractivity (Wildman–Crippen MR) is 76.0 cm³/mol. The average Bonchev–Trinajstić information content (AvgIpc) is 2.88. The molecule has 1 amide bonds.